The molecule has 19 heavy (non-hydrogen) atoms. The topological polar surface area (TPSA) is 42.1 Å². The van der Waals surface area contributed by atoms with Crippen molar-refractivity contribution < 1.29 is 13.2 Å². The first-order chi connectivity index (χ1) is 8.75. The third kappa shape index (κ3) is 4.61. The van der Waals surface area contributed by atoms with Crippen LogP contribution in [0.3, 0.4) is 0 Å². The number of halogens is 4. The molecule has 0 fully saturated rings. The molecular weight excluding hydrogens is 343 g/mol. The zero-order valence-corrected chi connectivity index (χ0v) is 12.6. The van der Waals surface area contributed by atoms with Gasteiger partial charge in [-0.25, -0.2) is 4.98 Å². The van der Waals surface area contributed by atoms with Crippen molar-refractivity contribution in [2.24, 2.45) is 5.73 Å². The SMILES string of the molecule is CCN(CCC(N)=S)c1ncc(Br)cc1C(F)(F)F. The maximum Gasteiger partial charge on any atom is 0.419 e. The molecule has 0 spiro atoms. The summed E-state index contributed by atoms with van der Waals surface area (Å²) in [4.78, 5) is 5.64. The van der Waals surface area contributed by atoms with E-state index in [1.807, 2.05) is 0 Å². The zero-order chi connectivity index (χ0) is 14.6. The van der Waals surface area contributed by atoms with Gasteiger partial charge in [0, 0.05) is 30.2 Å². The van der Waals surface area contributed by atoms with Crippen molar-refractivity contribution >= 4 is 39.0 Å². The van der Waals surface area contributed by atoms with E-state index in [9.17, 15) is 13.2 Å². The molecule has 0 saturated heterocycles. The Morgan fingerprint density at radius 2 is 2.16 bits per heavy atom. The lowest BCUT2D eigenvalue weighted by Gasteiger charge is -2.25. The molecule has 0 saturated carbocycles. The molecule has 0 aromatic carbocycles. The Balaban J connectivity index is 3.12. The van der Waals surface area contributed by atoms with E-state index in [1.54, 1.807) is 6.92 Å². The van der Waals surface area contributed by atoms with Crippen molar-refractivity contribution in [3.05, 3.63) is 22.3 Å². The van der Waals surface area contributed by atoms with Crippen molar-refractivity contribution in [2.45, 2.75) is 19.5 Å². The van der Waals surface area contributed by atoms with Gasteiger partial charge in [0.05, 0.1) is 10.6 Å². The molecule has 0 amide bonds. The molecule has 1 aromatic rings. The highest BCUT2D eigenvalue weighted by atomic mass is 79.9. The molecule has 0 bridgehead atoms. The zero-order valence-electron chi connectivity index (χ0n) is 10.2. The average molecular weight is 356 g/mol. The normalized spacial score (nSPS) is 11.4. The second kappa shape index (κ2) is 6.51. The van der Waals surface area contributed by atoms with Gasteiger partial charge in [0.2, 0.25) is 0 Å². The summed E-state index contributed by atoms with van der Waals surface area (Å²) < 4.78 is 39.2. The van der Waals surface area contributed by atoms with E-state index in [0.717, 1.165) is 6.07 Å². The van der Waals surface area contributed by atoms with Crippen molar-refractivity contribution in [3.63, 3.8) is 0 Å². The van der Waals surface area contributed by atoms with Crippen LogP contribution in [0.1, 0.15) is 18.9 Å². The molecule has 0 atom stereocenters. The van der Waals surface area contributed by atoms with E-state index in [0.29, 0.717) is 19.5 Å². The van der Waals surface area contributed by atoms with Gasteiger partial charge in [-0.05, 0) is 28.9 Å². The number of pyridine rings is 1. The molecule has 8 heteroatoms. The van der Waals surface area contributed by atoms with Crippen molar-refractivity contribution in [3.8, 4) is 0 Å². The third-order valence-electron chi connectivity index (χ3n) is 2.45. The molecule has 1 aromatic heterocycles. The first kappa shape index (κ1) is 16.2. The molecule has 0 aliphatic heterocycles. The predicted octanol–water partition coefficient (Wildman–Crippen LogP) is 3.37. The lowest BCUT2D eigenvalue weighted by molar-refractivity contribution is -0.137. The van der Waals surface area contributed by atoms with Gasteiger partial charge < -0.3 is 10.6 Å². The van der Waals surface area contributed by atoms with Gasteiger partial charge in [0.25, 0.3) is 0 Å². The minimum atomic E-state index is -4.46. The van der Waals surface area contributed by atoms with Crippen LogP contribution in [-0.2, 0) is 6.18 Å². The van der Waals surface area contributed by atoms with Gasteiger partial charge in [0.1, 0.15) is 5.82 Å². The van der Waals surface area contributed by atoms with Crippen LogP contribution in [0, 0.1) is 0 Å². The minimum Gasteiger partial charge on any atom is -0.393 e. The first-order valence-corrected chi connectivity index (χ1v) is 6.71. The molecule has 0 aliphatic rings. The standard InChI is InChI=1S/C11H13BrF3N3S/c1-2-18(4-3-9(16)19)10-8(11(13,14)15)5-7(12)6-17-10/h5-6H,2-4H2,1H3,(H2,16,19). The van der Waals surface area contributed by atoms with Crippen LogP contribution in [0.4, 0.5) is 19.0 Å². The van der Waals surface area contributed by atoms with Crippen LogP contribution in [0.5, 0.6) is 0 Å². The fourth-order valence-electron chi connectivity index (χ4n) is 1.55. The number of nitrogens with two attached hydrogens (primary N) is 1. The Morgan fingerprint density at radius 3 is 2.63 bits per heavy atom. The number of rotatable bonds is 5. The van der Waals surface area contributed by atoms with Crippen LogP contribution >= 0.6 is 28.1 Å². The summed E-state index contributed by atoms with van der Waals surface area (Å²) in [5, 5.41) is 0. The molecule has 3 nitrogen and oxygen atoms in total. The Hall–Kier alpha value is -0.890. The second-order valence-corrected chi connectivity index (χ2v) is 5.26. The highest BCUT2D eigenvalue weighted by Crippen LogP contribution is 2.36. The number of aromatic nitrogens is 1. The molecule has 0 unspecified atom stereocenters. The van der Waals surface area contributed by atoms with Gasteiger partial charge in [-0.1, -0.05) is 12.2 Å². The van der Waals surface area contributed by atoms with Gasteiger partial charge in [-0.2, -0.15) is 13.2 Å². The number of nitrogens with zero attached hydrogens (tertiary/aromatic N) is 2. The summed E-state index contributed by atoms with van der Waals surface area (Å²) >= 11 is 7.74. The fourth-order valence-corrected chi connectivity index (χ4v) is 1.97. The summed E-state index contributed by atoms with van der Waals surface area (Å²) in [7, 11) is 0. The lowest BCUT2D eigenvalue weighted by Crippen LogP contribution is -2.30. The Kier molecular flexibility index (Phi) is 5.54. The van der Waals surface area contributed by atoms with E-state index in [1.165, 1.54) is 11.1 Å². The van der Waals surface area contributed by atoms with E-state index >= 15 is 0 Å². The summed E-state index contributed by atoms with van der Waals surface area (Å²) in [5.41, 5.74) is 4.60. The minimum absolute atomic E-state index is 0.102. The molecule has 0 aliphatic carbocycles. The number of hydrogen-bond acceptors (Lipinski definition) is 3. The van der Waals surface area contributed by atoms with Crippen molar-refractivity contribution in [1.82, 2.24) is 4.98 Å². The molecule has 1 rings (SSSR count). The number of anilines is 1. The second-order valence-electron chi connectivity index (χ2n) is 3.82. The summed E-state index contributed by atoms with van der Waals surface area (Å²) in [6, 6.07) is 1.02. The van der Waals surface area contributed by atoms with Gasteiger partial charge in [0.15, 0.2) is 0 Å². The van der Waals surface area contributed by atoms with Crippen LogP contribution in [-0.4, -0.2) is 23.1 Å². The van der Waals surface area contributed by atoms with E-state index in [-0.39, 0.29) is 15.3 Å². The Morgan fingerprint density at radius 1 is 1.53 bits per heavy atom. The lowest BCUT2D eigenvalue weighted by atomic mass is 10.2. The summed E-state index contributed by atoms with van der Waals surface area (Å²) in [6.07, 6.45) is -2.77. The number of hydrogen-bond donors (Lipinski definition) is 1. The highest BCUT2D eigenvalue weighted by Gasteiger charge is 2.36. The predicted molar refractivity (Wildman–Crippen MR) is 76.2 cm³/mol. The molecule has 0 radical (unpaired) electrons. The van der Waals surface area contributed by atoms with Crippen LogP contribution in [0.2, 0.25) is 0 Å². The van der Waals surface area contributed by atoms with Gasteiger partial charge in [-0.3, -0.25) is 0 Å². The summed E-state index contributed by atoms with van der Waals surface area (Å²) in [5.74, 6) is -0.102. The fraction of sp³-hybridized carbons (Fsp3) is 0.455. The Labute approximate surface area is 123 Å². The van der Waals surface area contributed by atoms with Crippen molar-refractivity contribution in [2.75, 3.05) is 18.0 Å². The molecular formula is C11H13BrF3N3S. The van der Waals surface area contributed by atoms with Gasteiger partial charge in [-0.15, -0.1) is 0 Å². The largest absolute Gasteiger partial charge is 0.419 e. The molecule has 1 heterocycles. The third-order valence-corrected chi connectivity index (χ3v) is 3.09. The maximum atomic E-state index is 13.0. The monoisotopic (exact) mass is 355 g/mol. The van der Waals surface area contributed by atoms with Crippen LogP contribution < -0.4 is 10.6 Å². The molecule has 2 N–H and O–H groups in total. The smallest absolute Gasteiger partial charge is 0.393 e. The Bertz CT molecular complexity index is 465. The van der Waals surface area contributed by atoms with E-state index in [2.05, 4.69) is 20.9 Å². The quantitative estimate of drug-likeness (QED) is 0.822. The maximum absolute atomic E-state index is 13.0. The van der Waals surface area contributed by atoms with Crippen molar-refractivity contribution in [1.29, 1.82) is 0 Å². The number of thiocarbonyl (C=S) groups is 1. The van der Waals surface area contributed by atoms with Gasteiger partial charge >= 0.3 is 6.18 Å². The summed E-state index contributed by atoms with van der Waals surface area (Å²) in [6.45, 7) is 2.45. The molecule has 106 valence electrons. The average Bonchev–Trinajstić information content (AvgIpc) is 2.29. The highest BCUT2D eigenvalue weighted by molar-refractivity contribution is 9.10. The van der Waals surface area contributed by atoms with E-state index in [4.69, 9.17) is 18.0 Å². The van der Waals surface area contributed by atoms with E-state index < -0.39 is 11.7 Å². The van der Waals surface area contributed by atoms with Crippen LogP contribution in [0.15, 0.2) is 16.7 Å². The first-order valence-electron chi connectivity index (χ1n) is 5.51. The van der Waals surface area contributed by atoms with Crippen LogP contribution in [0.25, 0.3) is 0 Å². The number of alkyl halides is 3.